The van der Waals surface area contributed by atoms with Crippen LogP contribution >= 0.6 is 0 Å². The molecule has 1 aliphatic heterocycles. The molecule has 2 unspecified atom stereocenters. The number of benzene rings is 1. The number of hydrogen-bond acceptors (Lipinski definition) is 5. The molecule has 2 rings (SSSR count). The Bertz CT molecular complexity index is 543. The fourth-order valence-electron chi connectivity index (χ4n) is 3.33. The normalized spacial score (nSPS) is 21.7. The van der Waals surface area contributed by atoms with E-state index in [9.17, 15) is 0 Å². The number of fused-ring (bicyclic) bond motifs is 1. The molecule has 0 aliphatic carbocycles. The molecule has 5 heteroatoms. The third kappa shape index (κ3) is 2.50. The van der Waals surface area contributed by atoms with Gasteiger partial charge in [-0.2, -0.15) is 5.90 Å². The first-order valence-corrected chi connectivity index (χ1v) is 7.37. The molecule has 2 N–H and O–H groups in total. The molecule has 118 valence electrons. The summed E-state index contributed by atoms with van der Waals surface area (Å²) in [5, 5.41) is 0. The van der Waals surface area contributed by atoms with E-state index >= 15 is 0 Å². The van der Waals surface area contributed by atoms with Crippen molar-refractivity contribution in [3.05, 3.63) is 22.3 Å². The van der Waals surface area contributed by atoms with E-state index in [0.717, 1.165) is 23.4 Å². The predicted molar refractivity (Wildman–Crippen MR) is 85.5 cm³/mol. The van der Waals surface area contributed by atoms with Gasteiger partial charge in [-0.25, -0.2) is 0 Å². The first kappa shape index (κ1) is 16.1. The number of rotatable bonds is 3. The molecule has 1 aromatic carbocycles. The molecule has 0 aromatic heterocycles. The van der Waals surface area contributed by atoms with E-state index in [1.54, 1.807) is 0 Å². The summed E-state index contributed by atoms with van der Waals surface area (Å²) in [6.07, 6.45) is 1.09. The number of nitrogens with zero attached hydrogens (tertiary/aromatic N) is 2. The van der Waals surface area contributed by atoms with Crippen molar-refractivity contribution in [2.75, 3.05) is 26.0 Å². The van der Waals surface area contributed by atoms with Gasteiger partial charge >= 0.3 is 0 Å². The number of anilines is 1. The predicted octanol–water partition coefficient (Wildman–Crippen LogP) is 2.63. The standard InChI is InChI=1S/C16H27N3O2/c1-9-8-13(18(5)6)14-11(3)10(2)12(4)16(20-21-17)15(14)19(9)7/h9,13H,8,17H2,1-7H3. The second-order valence-electron chi connectivity index (χ2n) is 6.32. The van der Waals surface area contributed by atoms with Gasteiger partial charge < -0.3 is 14.7 Å². The summed E-state index contributed by atoms with van der Waals surface area (Å²) in [7, 11) is 6.36. The Morgan fingerprint density at radius 2 is 1.76 bits per heavy atom. The first-order valence-electron chi connectivity index (χ1n) is 7.37. The smallest absolute Gasteiger partial charge is 0.194 e. The van der Waals surface area contributed by atoms with Gasteiger partial charge in [-0.3, -0.25) is 0 Å². The van der Waals surface area contributed by atoms with Crippen molar-refractivity contribution in [2.24, 2.45) is 5.90 Å². The highest BCUT2D eigenvalue weighted by molar-refractivity contribution is 5.73. The summed E-state index contributed by atoms with van der Waals surface area (Å²) in [5.74, 6) is 5.91. The lowest BCUT2D eigenvalue weighted by Crippen LogP contribution is -2.40. The van der Waals surface area contributed by atoms with E-state index in [4.69, 9.17) is 10.8 Å². The average molecular weight is 293 g/mol. The second kappa shape index (κ2) is 5.83. The van der Waals surface area contributed by atoms with Crippen molar-refractivity contribution in [1.29, 1.82) is 0 Å². The minimum atomic E-state index is 0.366. The van der Waals surface area contributed by atoms with Gasteiger partial charge in [-0.15, -0.1) is 0 Å². The van der Waals surface area contributed by atoms with Crippen molar-refractivity contribution in [3.63, 3.8) is 0 Å². The van der Waals surface area contributed by atoms with Gasteiger partial charge in [-0.1, -0.05) is 4.99 Å². The molecule has 0 amide bonds. The Morgan fingerprint density at radius 3 is 2.29 bits per heavy atom. The van der Waals surface area contributed by atoms with Crippen molar-refractivity contribution in [2.45, 2.75) is 46.2 Å². The summed E-state index contributed by atoms with van der Waals surface area (Å²) in [6.45, 7) is 8.60. The summed E-state index contributed by atoms with van der Waals surface area (Å²) < 4.78 is 0. The quantitative estimate of drug-likeness (QED) is 0.686. The van der Waals surface area contributed by atoms with Crippen molar-refractivity contribution in [3.8, 4) is 5.75 Å². The molecule has 21 heavy (non-hydrogen) atoms. The molecule has 0 saturated heterocycles. The van der Waals surface area contributed by atoms with Crippen LogP contribution in [0.25, 0.3) is 0 Å². The molecule has 1 heterocycles. The van der Waals surface area contributed by atoms with Crippen molar-refractivity contribution < 1.29 is 9.88 Å². The summed E-state index contributed by atoms with van der Waals surface area (Å²) in [6, 6.07) is 0.789. The van der Waals surface area contributed by atoms with E-state index in [2.05, 4.69) is 63.6 Å². The SMILES string of the molecule is Cc1c(C)c(OON)c2c(c1C)C(N(C)C)CC(C)N2C. The zero-order valence-electron chi connectivity index (χ0n) is 14.2. The topological polar surface area (TPSA) is 51.0 Å². The Balaban J connectivity index is 2.78. The Labute approximate surface area is 127 Å². The summed E-state index contributed by atoms with van der Waals surface area (Å²) >= 11 is 0. The van der Waals surface area contributed by atoms with Crippen LogP contribution < -0.4 is 15.7 Å². The maximum absolute atomic E-state index is 5.34. The van der Waals surface area contributed by atoms with Gasteiger partial charge in [0, 0.05) is 24.7 Å². The number of nitrogens with two attached hydrogens (primary N) is 1. The molecule has 0 fully saturated rings. The second-order valence-corrected chi connectivity index (χ2v) is 6.32. The first-order chi connectivity index (χ1) is 9.81. The van der Waals surface area contributed by atoms with Gasteiger partial charge in [-0.05, 0) is 64.9 Å². The molecule has 0 bridgehead atoms. The molecule has 1 aliphatic rings. The van der Waals surface area contributed by atoms with Crippen LogP contribution in [0.5, 0.6) is 5.75 Å². The highest BCUT2D eigenvalue weighted by atomic mass is 17.3. The van der Waals surface area contributed by atoms with Crippen molar-refractivity contribution in [1.82, 2.24) is 4.90 Å². The van der Waals surface area contributed by atoms with Crippen LogP contribution in [0.4, 0.5) is 5.69 Å². The molecule has 5 nitrogen and oxygen atoms in total. The molecule has 1 aromatic rings. The van der Waals surface area contributed by atoms with Gasteiger partial charge in [0.15, 0.2) is 5.75 Å². The van der Waals surface area contributed by atoms with Crippen molar-refractivity contribution >= 4 is 5.69 Å². The minimum absolute atomic E-state index is 0.366. The van der Waals surface area contributed by atoms with Gasteiger partial charge in [0.1, 0.15) is 0 Å². The zero-order chi connectivity index (χ0) is 15.9. The summed E-state index contributed by atoms with van der Waals surface area (Å²) in [4.78, 5) is 14.4. The lowest BCUT2D eigenvalue weighted by Gasteiger charge is -2.43. The largest absolute Gasteiger partial charge is 0.368 e. The number of hydrogen-bond donors (Lipinski definition) is 1. The minimum Gasteiger partial charge on any atom is -0.368 e. The maximum Gasteiger partial charge on any atom is 0.194 e. The van der Waals surface area contributed by atoms with Crippen LogP contribution in [-0.2, 0) is 4.99 Å². The van der Waals surface area contributed by atoms with E-state index in [1.165, 1.54) is 16.7 Å². The third-order valence-electron chi connectivity index (χ3n) is 5.01. The monoisotopic (exact) mass is 293 g/mol. The molecule has 0 radical (unpaired) electrons. The maximum atomic E-state index is 5.34. The molecule has 0 spiro atoms. The van der Waals surface area contributed by atoms with Gasteiger partial charge in [0.25, 0.3) is 0 Å². The van der Waals surface area contributed by atoms with E-state index in [0.29, 0.717) is 12.1 Å². The third-order valence-corrected chi connectivity index (χ3v) is 5.01. The van der Waals surface area contributed by atoms with Crippen LogP contribution in [-0.4, -0.2) is 32.1 Å². The lowest BCUT2D eigenvalue weighted by molar-refractivity contribution is -0.211. The lowest BCUT2D eigenvalue weighted by atomic mass is 9.84. The van der Waals surface area contributed by atoms with Crippen LogP contribution in [0.15, 0.2) is 0 Å². The van der Waals surface area contributed by atoms with Crippen LogP contribution in [0.3, 0.4) is 0 Å². The van der Waals surface area contributed by atoms with E-state index < -0.39 is 0 Å². The Kier molecular flexibility index (Phi) is 4.46. The fourth-order valence-corrected chi connectivity index (χ4v) is 3.33. The van der Waals surface area contributed by atoms with Gasteiger partial charge in [0.2, 0.25) is 0 Å². The average Bonchev–Trinajstić information content (AvgIpc) is 2.43. The Morgan fingerprint density at radius 1 is 1.14 bits per heavy atom. The molecular weight excluding hydrogens is 266 g/mol. The summed E-state index contributed by atoms with van der Waals surface area (Å²) in [5.41, 5.74) is 6.05. The fraction of sp³-hybridized carbons (Fsp3) is 0.625. The molecular formula is C16H27N3O2. The van der Waals surface area contributed by atoms with Crippen LogP contribution in [0.1, 0.15) is 41.6 Å². The highest BCUT2D eigenvalue weighted by Crippen LogP contribution is 2.48. The molecule has 2 atom stereocenters. The van der Waals surface area contributed by atoms with Gasteiger partial charge in [0.05, 0.1) is 5.69 Å². The van der Waals surface area contributed by atoms with Crippen LogP contribution in [0, 0.1) is 20.8 Å². The Hall–Kier alpha value is -1.30. The van der Waals surface area contributed by atoms with E-state index in [-0.39, 0.29) is 0 Å². The highest BCUT2D eigenvalue weighted by Gasteiger charge is 2.35. The van der Waals surface area contributed by atoms with Crippen LogP contribution in [0.2, 0.25) is 0 Å². The zero-order valence-corrected chi connectivity index (χ0v) is 14.2. The molecule has 0 saturated carbocycles. The van der Waals surface area contributed by atoms with E-state index in [1.807, 2.05) is 0 Å².